The maximum absolute atomic E-state index is 2.64. The van der Waals surface area contributed by atoms with E-state index in [-0.39, 0.29) is 10.8 Å². The molecular weight excluding hydrogens is 324 g/mol. The highest BCUT2D eigenvalue weighted by molar-refractivity contribution is 5.78. The van der Waals surface area contributed by atoms with Crippen LogP contribution in [-0.4, -0.2) is 0 Å². The Balaban J connectivity index is 1.83. The molecule has 0 saturated heterocycles. The predicted octanol–water partition coefficient (Wildman–Crippen LogP) is 7.86. The highest BCUT2D eigenvalue weighted by Gasteiger charge is 2.45. The normalized spacial score (nSPS) is 27.7. The van der Waals surface area contributed by atoms with Crippen molar-refractivity contribution in [2.75, 3.05) is 0 Å². The molecule has 2 bridgehead atoms. The van der Waals surface area contributed by atoms with Gasteiger partial charge in [0.15, 0.2) is 0 Å². The molecule has 27 heavy (non-hydrogen) atoms. The van der Waals surface area contributed by atoms with Crippen LogP contribution >= 0.6 is 0 Å². The smallest absolute Gasteiger partial charge is 0.00406 e. The van der Waals surface area contributed by atoms with E-state index in [1.54, 1.807) is 5.57 Å². The first-order chi connectivity index (χ1) is 12.7. The molecule has 1 fully saturated rings. The molecule has 0 radical (unpaired) electrons. The van der Waals surface area contributed by atoms with Crippen molar-refractivity contribution in [1.82, 2.24) is 0 Å². The van der Waals surface area contributed by atoms with Gasteiger partial charge in [0.25, 0.3) is 0 Å². The van der Waals surface area contributed by atoms with Gasteiger partial charge in [0.05, 0.1) is 0 Å². The summed E-state index contributed by atoms with van der Waals surface area (Å²) in [4.78, 5) is 0. The second-order valence-electron chi connectivity index (χ2n) is 10.7. The predicted molar refractivity (Wildman–Crippen MR) is 118 cm³/mol. The number of allylic oxidation sites excluding steroid dienone is 6. The Hall–Kier alpha value is -1.56. The van der Waals surface area contributed by atoms with Crippen LogP contribution in [0.1, 0.15) is 84.3 Å². The Kier molecular flexibility index (Phi) is 4.53. The molecule has 0 heteroatoms. The van der Waals surface area contributed by atoms with Crippen molar-refractivity contribution in [1.29, 1.82) is 0 Å². The summed E-state index contributed by atoms with van der Waals surface area (Å²) in [6.45, 7) is 12.4. The Morgan fingerprint density at radius 2 is 1.63 bits per heavy atom. The molecule has 1 atom stereocenters. The summed E-state index contributed by atoms with van der Waals surface area (Å²) in [6.07, 6.45) is 18.0. The van der Waals surface area contributed by atoms with Crippen LogP contribution in [0.3, 0.4) is 0 Å². The first kappa shape index (κ1) is 18.8. The van der Waals surface area contributed by atoms with Crippen LogP contribution in [0.4, 0.5) is 0 Å². The number of benzene rings is 1. The summed E-state index contributed by atoms with van der Waals surface area (Å²) in [5.74, 6) is 0.570. The molecule has 4 rings (SSSR count). The van der Waals surface area contributed by atoms with E-state index >= 15 is 0 Å². The molecule has 0 heterocycles. The minimum atomic E-state index is 0.123. The fourth-order valence-corrected chi connectivity index (χ4v) is 5.71. The third kappa shape index (κ3) is 3.16. The van der Waals surface area contributed by atoms with Gasteiger partial charge < -0.3 is 0 Å². The van der Waals surface area contributed by atoms with E-state index in [9.17, 15) is 0 Å². The van der Waals surface area contributed by atoms with Crippen molar-refractivity contribution in [3.63, 3.8) is 0 Å². The van der Waals surface area contributed by atoms with Crippen molar-refractivity contribution in [2.45, 2.75) is 78.6 Å². The number of rotatable bonds is 2. The summed E-state index contributed by atoms with van der Waals surface area (Å²) in [5.41, 5.74) is 6.73. The lowest BCUT2D eigenvalue weighted by molar-refractivity contribution is 0.131. The Labute approximate surface area is 166 Å². The highest BCUT2D eigenvalue weighted by Crippen LogP contribution is 2.53. The van der Waals surface area contributed by atoms with Gasteiger partial charge in [0.2, 0.25) is 0 Å². The second kappa shape index (κ2) is 6.50. The standard InChI is InChI=1S/C27H36/c1-25(2)22-15-14-21(23-10-6-7-11-24(23)26(25,3)4)13-12-20(18-22)19-27(5)16-8-9-17-27/h6-7,10-14,18,22H,8-9,15-17,19H2,1-5H3. The molecule has 0 spiro atoms. The fourth-order valence-electron chi connectivity index (χ4n) is 5.71. The molecule has 0 amide bonds. The maximum atomic E-state index is 2.64. The van der Waals surface area contributed by atoms with Crippen LogP contribution in [0.5, 0.6) is 0 Å². The van der Waals surface area contributed by atoms with Gasteiger partial charge in [-0.15, -0.1) is 0 Å². The van der Waals surface area contributed by atoms with Crippen LogP contribution in [0.2, 0.25) is 0 Å². The maximum Gasteiger partial charge on any atom is -0.00406 e. The lowest BCUT2D eigenvalue weighted by atomic mass is 9.55. The molecule has 1 aromatic rings. The lowest BCUT2D eigenvalue weighted by Gasteiger charge is -2.49. The molecule has 1 unspecified atom stereocenters. The first-order valence-electron chi connectivity index (χ1n) is 10.9. The van der Waals surface area contributed by atoms with E-state index in [1.807, 2.05) is 0 Å². The van der Waals surface area contributed by atoms with Crippen LogP contribution in [0.15, 0.2) is 54.1 Å². The molecule has 0 aliphatic heterocycles. The SMILES string of the molecule is CC1(CC2=CC3CC=C(C=C2)c2ccccc2C(C)(C)C3(C)C)CCCC1. The topological polar surface area (TPSA) is 0 Å². The van der Waals surface area contributed by atoms with Gasteiger partial charge >= 0.3 is 0 Å². The Morgan fingerprint density at radius 1 is 0.926 bits per heavy atom. The molecule has 0 N–H and O–H groups in total. The van der Waals surface area contributed by atoms with Crippen LogP contribution in [0.25, 0.3) is 5.57 Å². The first-order valence-corrected chi connectivity index (χ1v) is 10.9. The third-order valence-corrected chi connectivity index (χ3v) is 8.37. The summed E-state index contributed by atoms with van der Waals surface area (Å²) >= 11 is 0. The van der Waals surface area contributed by atoms with E-state index in [4.69, 9.17) is 0 Å². The van der Waals surface area contributed by atoms with E-state index in [2.05, 4.69) is 83.2 Å². The van der Waals surface area contributed by atoms with Crippen molar-refractivity contribution < 1.29 is 0 Å². The second-order valence-corrected chi connectivity index (χ2v) is 10.7. The van der Waals surface area contributed by atoms with Gasteiger partial charge in [-0.05, 0) is 64.5 Å². The van der Waals surface area contributed by atoms with Gasteiger partial charge in [-0.1, -0.05) is 102 Å². The molecule has 3 aliphatic carbocycles. The summed E-state index contributed by atoms with van der Waals surface area (Å²) in [5, 5.41) is 0. The minimum absolute atomic E-state index is 0.123. The number of hydrogen-bond acceptors (Lipinski definition) is 0. The quantitative estimate of drug-likeness (QED) is 0.503. The van der Waals surface area contributed by atoms with E-state index < -0.39 is 0 Å². The zero-order chi connectivity index (χ0) is 19.3. The van der Waals surface area contributed by atoms with Gasteiger partial charge in [-0.3, -0.25) is 0 Å². The van der Waals surface area contributed by atoms with Crippen LogP contribution in [0, 0.1) is 16.7 Å². The van der Waals surface area contributed by atoms with Crippen molar-refractivity contribution in [3.05, 3.63) is 65.3 Å². The van der Waals surface area contributed by atoms with Crippen LogP contribution in [-0.2, 0) is 5.41 Å². The lowest BCUT2D eigenvalue weighted by Crippen LogP contribution is -2.43. The van der Waals surface area contributed by atoms with Gasteiger partial charge in [0.1, 0.15) is 0 Å². The third-order valence-electron chi connectivity index (χ3n) is 8.37. The van der Waals surface area contributed by atoms with E-state index in [0.29, 0.717) is 11.3 Å². The van der Waals surface area contributed by atoms with Crippen LogP contribution < -0.4 is 0 Å². The number of fused-ring (bicyclic) bond motifs is 4. The fraction of sp³-hybridized carbons (Fsp3) is 0.556. The molecule has 0 nitrogen and oxygen atoms in total. The summed E-state index contributed by atoms with van der Waals surface area (Å²) in [6, 6.07) is 9.09. The van der Waals surface area contributed by atoms with Crippen molar-refractivity contribution in [2.24, 2.45) is 16.7 Å². The minimum Gasteiger partial charge on any atom is -0.0773 e. The zero-order valence-corrected chi connectivity index (χ0v) is 17.9. The summed E-state index contributed by atoms with van der Waals surface area (Å²) < 4.78 is 0. The Bertz CT molecular complexity index is 806. The Morgan fingerprint density at radius 3 is 2.37 bits per heavy atom. The largest absolute Gasteiger partial charge is 0.0773 e. The van der Waals surface area contributed by atoms with Crippen molar-refractivity contribution in [3.8, 4) is 0 Å². The molecule has 0 aromatic heterocycles. The molecule has 1 aromatic carbocycles. The monoisotopic (exact) mass is 360 g/mol. The molecule has 1 saturated carbocycles. The van der Waals surface area contributed by atoms with E-state index in [0.717, 1.165) is 6.42 Å². The average Bonchev–Trinajstić information content (AvgIpc) is 3.03. The van der Waals surface area contributed by atoms with E-state index in [1.165, 1.54) is 48.8 Å². The van der Waals surface area contributed by atoms with Crippen molar-refractivity contribution >= 4 is 5.57 Å². The average molecular weight is 361 g/mol. The van der Waals surface area contributed by atoms with Gasteiger partial charge in [0, 0.05) is 0 Å². The summed E-state index contributed by atoms with van der Waals surface area (Å²) in [7, 11) is 0. The van der Waals surface area contributed by atoms with Gasteiger partial charge in [-0.2, -0.15) is 0 Å². The molecular formula is C27H36. The number of hydrogen-bond donors (Lipinski definition) is 0. The highest BCUT2D eigenvalue weighted by atomic mass is 14.5. The van der Waals surface area contributed by atoms with Gasteiger partial charge in [-0.25, -0.2) is 0 Å². The molecule has 3 aliphatic rings. The zero-order valence-electron chi connectivity index (χ0n) is 17.9. The molecule has 144 valence electrons.